The monoisotopic (exact) mass is 542 g/mol. The molecule has 2 unspecified atom stereocenters. The van der Waals surface area contributed by atoms with Gasteiger partial charge < -0.3 is 4.90 Å². The second-order valence-electron chi connectivity index (χ2n) is 8.70. The van der Waals surface area contributed by atoms with Crippen LogP contribution in [0.4, 0.5) is 13.2 Å². The van der Waals surface area contributed by atoms with Gasteiger partial charge in [-0.05, 0) is 66.3 Å². The zero-order valence-electron chi connectivity index (χ0n) is 19.4. The molecule has 35 heavy (non-hydrogen) atoms. The van der Waals surface area contributed by atoms with Crippen molar-refractivity contribution in [2.24, 2.45) is 16.2 Å². The summed E-state index contributed by atoms with van der Waals surface area (Å²) in [7, 11) is -4.01. The van der Waals surface area contributed by atoms with Crippen molar-refractivity contribution in [1.82, 2.24) is 14.7 Å². The van der Waals surface area contributed by atoms with E-state index in [0.29, 0.717) is 27.6 Å². The molecule has 12 heteroatoms. The molecule has 1 aliphatic rings. The highest BCUT2D eigenvalue weighted by atomic mass is 32.2. The fraction of sp³-hybridized carbons (Fsp3) is 0.391. The standard InChI is InChI=1S/C23H25F3N4O2S3/c1-15-11-16(2)14-29(13-15)22(33-3)28-35(31,32)18-8-6-17(7-9-18)30-19(20-5-4-10-34-20)12-21(27-30)23(24,25)26/h4-10,12,15-16H,11,13-14H2,1-3H3. The Bertz CT molecular complexity index is 1290. The number of piperidine rings is 1. The molecular weight excluding hydrogens is 517 g/mol. The second kappa shape index (κ2) is 9.98. The lowest BCUT2D eigenvalue weighted by atomic mass is 9.92. The Morgan fingerprint density at radius 3 is 2.34 bits per heavy atom. The molecule has 0 saturated carbocycles. The molecule has 6 nitrogen and oxygen atoms in total. The summed E-state index contributed by atoms with van der Waals surface area (Å²) in [6, 6.07) is 10.0. The molecule has 3 heterocycles. The topological polar surface area (TPSA) is 67.6 Å². The van der Waals surface area contributed by atoms with Crippen LogP contribution >= 0.6 is 23.1 Å². The van der Waals surface area contributed by atoms with E-state index in [-0.39, 0.29) is 10.6 Å². The van der Waals surface area contributed by atoms with Crippen molar-refractivity contribution in [1.29, 1.82) is 0 Å². The maximum Gasteiger partial charge on any atom is 0.435 e. The predicted octanol–water partition coefficient (Wildman–Crippen LogP) is 6.01. The molecule has 2 aromatic heterocycles. The summed E-state index contributed by atoms with van der Waals surface area (Å²) < 4.78 is 71.4. The summed E-state index contributed by atoms with van der Waals surface area (Å²) in [4.78, 5) is 2.58. The van der Waals surface area contributed by atoms with Gasteiger partial charge in [-0.1, -0.05) is 31.7 Å². The number of aromatic nitrogens is 2. The van der Waals surface area contributed by atoms with Gasteiger partial charge in [0.15, 0.2) is 10.9 Å². The first-order chi connectivity index (χ1) is 16.5. The van der Waals surface area contributed by atoms with Gasteiger partial charge in [0, 0.05) is 13.1 Å². The molecule has 1 aliphatic heterocycles. The molecule has 0 bridgehead atoms. The lowest BCUT2D eigenvalue weighted by Gasteiger charge is -2.36. The van der Waals surface area contributed by atoms with Crippen molar-refractivity contribution in [3.63, 3.8) is 0 Å². The van der Waals surface area contributed by atoms with Crippen molar-refractivity contribution >= 4 is 38.3 Å². The average molecular weight is 543 g/mol. The van der Waals surface area contributed by atoms with Crippen LogP contribution in [-0.4, -0.2) is 47.6 Å². The van der Waals surface area contributed by atoms with Gasteiger partial charge in [-0.25, -0.2) is 4.68 Å². The molecule has 0 amide bonds. The lowest BCUT2D eigenvalue weighted by Crippen LogP contribution is -2.41. The summed E-state index contributed by atoms with van der Waals surface area (Å²) >= 11 is 2.58. The fourth-order valence-corrected chi connectivity index (χ4v) is 6.91. The minimum atomic E-state index is -4.60. The first kappa shape index (κ1) is 25.8. The van der Waals surface area contributed by atoms with E-state index < -0.39 is 21.9 Å². The molecule has 0 aliphatic carbocycles. The highest BCUT2D eigenvalue weighted by Gasteiger charge is 2.35. The molecule has 1 saturated heterocycles. The van der Waals surface area contributed by atoms with Crippen molar-refractivity contribution in [2.45, 2.75) is 31.3 Å². The molecule has 1 fully saturated rings. The number of thiophene rings is 1. The SMILES string of the molecule is CSC(=NS(=O)(=O)c1ccc(-n2nc(C(F)(F)F)cc2-c2cccs2)cc1)N1CC(C)CC(C)C1. The third kappa shape index (κ3) is 5.75. The first-order valence-electron chi connectivity index (χ1n) is 10.9. The molecule has 0 radical (unpaired) electrons. The number of alkyl halides is 3. The van der Waals surface area contributed by atoms with Crippen LogP contribution in [0.3, 0.4) is 0 Å². The van der Waals surface area contributed by atoms with Crippen molar-refractivity contribution in [3.05, 3.63) is 53.5 Å². The maximum absolute atomic E-state index is 13.3. The molecule has 0 N–H and O–H groups in total. The van der Waals surface area contributed by atoms with Crippen LogP contribution in [-0.2, 0) is 16.2 Å². The fourth-order valence-electron chi connectivity index (χ4n) is 4.27. The molecule has 3 aromatic rings. The van der Waals surface area contributed by atoms with Crippen molar-refractivity contribution in [2.75, 3.05) is 19.3 Å². The van der Waals surface area contributed by atoms with Crippen LogP contribution < -0.4 is 0 Å². The molecule has 188 valence electrons. The average Bonchev–Trinajstić information content (AvgIpc) is 3.46. The van der Waals surface area contributed by atoms with Gasteiger partial charge in [-0.15, -0.1) is 15.7 Å². The number of benzene rings is 1. The number of likely N-dealkylation sites (tertiary alicyclic amines) is 1. The van der Waals surface area contributed by atoms with E-state index in [1.807, 2.05) is 4.90 Å². The maximum atomic E-state index is 13.3. The number of amidine groups is 1. The number of nitrogens with zero attached hydrogens (tertiary/aromatic N) is 4. The van der Waals surface area contributed by atoms with Crippen molar-refractivity contribution in [3.8, 4) is 16.3 Å². The minimum absolute atomic E-state index is 0.0354. The van der Waals surface area contributed by atoms with Crippen LogP contribution in [0.15, 0.2) is 57.1 Å². The van der Waals surface area contributed by atoms with Crippen LogP contribution in [0, 0.1) is 11.8 Å². The first-order valence-corrected chi connectivity index (χ1v) is 14.5. The van der Waals surface area contributed by atoms with Crippen LogP contribution in [0.2, 0.25) is 0 Å². The van der Waals surface area contributed by atoms with E-state index in [9.17, 15) is 21.6 Å². The zero-order valence-corrected chi connectivity index (χ0v) is 21.8. The lowest BCUT2D eigenvalue weighted by molar-refractivity contribution is -0.141. The Morgan fingerprint density at radius 1 is 1.14 bits per heavy atom. The summed E-state index contributed by atoms with van der Waals surface area (Å²) in [5, 5.41) is 5.95. The Labute approximate surface area is 210 Å². The van der Waals surface area contributed by atoms with Crippen LogP contribution in [0.1, 0.15) is 26.0 Å². The van der Waals surface area contributed by atoms with Gasteiger partial charge >= 0.3 is 6.18 Å². The second-order valence-corrected chi connectivity index (χ2v) is 12.0. The van der Waals surface area contributed by atoms with Gasteiger partial charge in [-0.3, -0.25) is 0 Å². The van der Waals surface area contributed by atoms with E-state index in [1.54, 1.807) is 23.8 Å². The largest absolute Gasteiger partial charge is 0.435 e. The smallest absolute Gasteiger partial charge is 0.350 e. The highest BCUT2D eigenvalue weighted by molar-refractivity contribution is 8.13. The summed E-state index contributed by atoms with van der Waals surface area (Å²) in [6.07, 6.45) is -1.72. The number of rotatable bonds is 4. The number of sulfonamides is 1. The van der Waals surface area contributed by atoms with E-state index in [1.165, 1.54) is 52.0 Å². The van der Waals surface area contributed by atoms with Gasteiger partial charge in [0.1, 0.15) is 0 Å². The Hall–Kier alpha value is -2.31. The van der Waals surface area contributed by atoms with E-state index in [4.69, 9.17) is 0 Å². The van der Waals surface area contributed by atoms with Gasteiger partial charge in [0.25, 0.3) is 10.0 Å². The number of hydrogen-bond acceptors (Lipinski definition) is 5. The number of hydrogen-bond donors (Lipinski definition) is 0. The van der Waals surface area contributed by atoms with E-state index >= 15 is 0 Å². The molecule has 4 rings (SSSR count). The third-order valence-corrected chi connectivity index (χ3v) is 8.68. The van der Waals surface area contributed by atoms with Crippen LogP contribution in [0.25, 0.3) is 16.3 Å². The predicted molar refractivity (Wildman–Crippen MR) is 135 cm³/mol. The summed E-state index contributed by atoms with van der Waals surface area (Å²) in [5.41, 5.74) is -0.425. The molecule has 1 aromatic carbocycles. The van der Waals surface area contributed by atoms with Gasteiger partial charge in [0.2, 0.25) is 0 Å². The summed E-state index contributed by atoms with van der Waals surface area (Å²) in [6.45, 7) is 5.76. The Morgan fingerprint density at radius 2 is 1.80 bits per heavy atom. The zero-order chi connectivity index (χ0) is 25.4. The molecule has 0 spiro atoms. The minimum Gasteiger partial charge on any atom is -0.350 e. The summed E-state index contributed by atoms with van der Waals surface area (Å²) in [5.74, 6) is 0.873. The quantitative estimate of drug-likeness (QED) is 0.299. The number of thioether (sulfide) groups is 1. The van der Waals surface area contributed by atoms with Crippen molar-refractivity contribution < 1.29 is 21.6 Å². The molecule has 2 atom stereocenters. The van der Waals surface area contributed by atoms with Crippen LogP contribution in [0.5, 0.6) is 0 Å². The van der Waals surface area contributed by atoms with E-state index in [2.05, 4.69) is 23.3 Å². The normalized spacial score (nSPS) is 19.8. The number of halogens is 3. The Balaban J connectivity index is 1.66. The third-order valence-electron chi connectivity index (χ3n) is 5.67. The van der Waals surface area contributed by atoms with Gasteiger partial charge in [-0.2, -0.15) is 26.7 Å². The highest BCUT2D eigenvalue weighted by Crippen LogP contribution is 2.35. The molecular formula is C23H25F3N4O2S3. The Kier molecular flexibility index (Phi) is 7.35. The van der Waals surface area contributed by atoms with E-state index in [0.717, 1.165) is 25.6 Å². The van der Waals surface area contributed by atoms with Gasteiger partial charge in [0.05, 0.1) is 21.2 Å².